The van der Waals surface area contributed by atoms with Crippen LogP contribution in [0.1, 0.15) is 33.1 Å². The smallest absolute Gasteiger partial charge is 0.220 e. The Morgan fingerprint density at radius 1 is 1.36 bits per heavy atom. The van der Waals surface area contributed by atoms with Crippen LogP contribution in [0, 0.1) is 11.8 Å². The molecule has 0 saturated carbocycles. The minimum atomic E-state index is 0.225. The van der Waals surface area contributed by atoms with Gasteiger partial charge in [-0.1, -0.05) is 13.8 Å². The monoisotopic (exact) mass is 155 g/mol. The van der Waals surface area contributed by atoms with Crippen LogP contribution < -0.4 is 5.32 Å². The summed E-state index contributed by atoms with van der Waals surface area (Å²) in [7, 11) is 0. The molecule has 0 aliphatic carbocycles. The molecule has 1 heterocycles. The molecule has 0 bridgehead atoms. The van der Waals surface area contributed by atoms with Crippen molar-refractivity contribution in [2.45, 2.75) is 33.1 Å². The fourth-order valence-corrected chi connectivity index (χ4v) is 1.64. The van der Waals surface area contributed by atoms with Gasteiger partial charge in [0.2, 0.25) is 5.91 Å². The van der Waals surface area contributed by atoms with Gasteiger partial charge in [-0.05, 0) is 24.7 Å². The van der Waals surface area contributed by atoms with E-state index in [2.05, 4.69) is 19.2 Å². The van der Waals surface area contributed by atoms with Crippen molar-refractivity contribution in [2.24, 2.45) is 11.8 Å². The first-order valence-corrected chi connectivity index (χ1v) is 4.45. The average molecular weight is 155 g/mol. The topological polar surface area (TPSA) is 29.1 Å². The molecule has 1 saturated heterocycles. The average Bonchev–Trinajstić information content (AvgIpc) is 1.95. The van der Waals surface area contributed by atoms with Gasteiger partial charge in [0.05, 0.1) is 0 Å². The Bertz CT molecular complexity index is 130. The van der Waals surface area contributed by atoms with E-state index in [-0.39, 0.29) is 5.91 Å². The van der Waals surface area contributed by atoms with Gasteiger partial charge >= 0.3 is 0 Å². The Kier molecular flexibility index (Phi) is 2.92. The van der Waals surface area contributed by atoms with Crippen molar-refractivity contribution in [1.82, 2.24) is 5.32 Å². The van der Waals surface area contributed by atoms with Crippen LogP contribution in [0.15, 0.2) is 0 Å². The maximum Gasteiger partial charge on any atom is 0.220 e. The Labute approximate surface area is 68.4 Å². The summed E-state index contributed by atoms with van der Waals surface area (Å²) >= 11 is 0. The first-order chi connectivity index (χ1) is 5.18. The van der Waals surface area contributed by atoms with Crippen LogP contribution in [0.25, 0.3) is 0 Å². The summed E-state index contributed by atoms with van der Waals surface area (Å²) in [6.45, 7) is 5.29. The van der Waals surface area contributed by atoms with Crippen molar-refractivity contribution in [3.8, 4) is 0 Å². The Balaban J connectivity index is 2.40. The zero-order valence-electron chi connectivity index (χ0n) is 7.39. The zero-order chi connectivity index (χ0) is 8.27. The highest BCUT2D eigenvalue weighted by Gasteiger charge is 2.14. The van der Waals surface area contributed by atoms with E-state index in [1.54, 1.807) is 0 Å². The molecule has 0 aromatic rings. The normalized spacial score (nSPS) is 33.8. The molecular weight excluding hydrogens is 138 g/mol. The second-order valence-electron chi connectivity index (χ2n) is 3.79. The summed E-state index contributed by atoms with van der Waals surface area (Å²) in [4.78, 5) is 11.0. The van der Waals surface area contributed by atoms with Crippen LogP contribution >= 0.6 is 0 Å². The van der Waals surface area contributed by atoms with E-state index in [0.29, 0.717) is 12.3 Å². The van der Waals surface area contributed by atoms with Crippen LogP contribution in [0.2, 0.25) is 0 Å². The lowest BCUT2D eigenvalue weighted by atomic mass is 9.92. The van der Waals surface area contributed by atoms with Crippen molar-refractivity contribution >= 4 is 5.91 Å². The molecular formula is C9H17NO. The molecule has 2 unspecified atom stereocenters. The van der Waals surface area contributed by atoms with Crippen molar-refractivity contribution in [3.63, 3.8) is 0 Å². The van der Waals surface area contributed by atoms with Gasteiger partial charge < -0.3 is 5.32 Å². The molecule has 1 aliphatic heterocycles. The molecule has 1 rings (SSSR count). The Morgan fingerprint density at radius 2 is 2.09 bits per heavy atom. The van der Waals surface area contributed by atoms with Gasteiger partial charge in [0.25, 0.3) is 0 Å². The third-order valence-electron chi connectivity index (χ3n) is 2.32. The maximum atomic E-state index is 11.0. The molecule has 0 spiro atoms. The predicted octanol–water partition coefficient (Wildman–Crippen LogP) is 1.56. The van der Waals surface area contributed by atoms with E-state index in [1.165, 1.54) is 6.42 Å². The fourth-order valence-electron chi connectivity index (χ4n) is 1.64. The summed E-state index contributed by atoms with van der Waals surface area (Å²) in [5.74, 6) is 1.59. The van der Waals surface area contributed by atoms with Crippen LogP contribution in [-0.2, 0) is 4.79 Å². The lowest BCUT2D eigenvalue weighted by Crippen LogP contribution is -2.31. The summed E-state index contributed by atoms with van der Waals surface area (Å²) in [5.41, 5.74) is 0. The summed E-state index contributed by atoms with van der Waals surface area (Å²) in [5, 5.41) is 2.92. The van der Waals surface area contributed by atoms with Crippen molar-refractivity contribution in [2.75, 3.05) is 6.54 Å². The van der Waals surface area contributed by atoms with Gasteiger partial charge in [-0.3, -0.25) is 4.79 Å². The lowest BCUT2D eigenvalue weighted by molar-refractivity contribution is -0.121. The van der Waals surface area contributed by atoms with Crippen LogP contribution in [0.5, 0.6) is 0 Å². The van der Waals surface area contributed by atoms with Crippen molar-refractivity contribution in [3.05, 3.63) is 0 Å². The molecule has 2 nitrogen and oxygen atoms in total. The summed E-state index contributed by atoms with van der Waals surface area (Å²) in [6, 6.07) is 0. The Morgan fingerprint density at radius 3 is 2.82 bits per heavy atom. The van der Waals surface area contributed by atoms with E-state index in [0.717, 1.165) is 18.9 Å². The number of hydrogen-bond donors (Lipinski definition) is 1. The highest BCUT2D eigenvalue weighted by Crippen LogP contribution is 2.18. The van der Waals surface area contributed by atoms with Gasteiger partial charge in [-0.25, -0.2) is 0 Å². The molecule has 2 heteroatoms. The van der Waals surface area contributed by atoms with E-state index >= 15 is 0 Å². The van der Waals surface area contributed by atoms with Gasteiger partial charge in [0.15, 0.2) is 0 Å². The number of hydrogen-bond acceptors (Lipinski definition) is 1. The number of rotatable bonds is 0. The largest absolute Gasteiger partial charge is 0.356 e. The summed E-state index contributed by atoms with van der Waals surface area (Å²) < 4.78 is 0. The minimum Gasteiger partial charge on any atom is -0.356 e. The van der Waals surface area contributed by atoms with Gasteiger partial charge in [-0.2, -0.15) is 0 Å². The minimum absolute atomic E-state index is 0.225. The van der Waals surface area contributed by atoms with Gasteiger partial charge in [0.1, 0.15) is 0 Å². The lowest BCUT2D eigenvalue weighted by Gasteiger charge is -2.20. The van der Waals surface area contributed by atoms with Crippen molar-refractivity contribution in [1.29, 1.82) is 0 Å². The molecule has 0 aromatic heterocycles. The molecule has 2 atom stereocenters. The number of carbonyl (C=O) groups excluding carboxylic acids is 1. The van der Waals surface area contributed by atoms with Crippen LogP contribution in [0.4, 0.5) is 0 Å². The SMILES string of the molecule is CC1CCC(=O)NCC(C)C1. The second-order valence-corrected chi connectivity index (χ2v) is 3.79. The first-order valence-electron chi connectivity index (χ1n) is 4.45. The fraction of sp³-hybridized carbons (Fsp3) is 0.889. The quantitative estimate of drug-likeness (QED) is 0.565. The van der Waals surface area contributed by atoms with E-state index in [9.17, 15) is 4.79 Å². The highest BCUT2D eigenvalue weighted by molar-refractivity contribution is 5.75. The zero-order valence-corrected chi connectivity index (χ0v) is 7.39. The number of carbonyl (C=O) groups is 1. The van der Waals surface area contributed by atoms with Crippen LogP contribution in [0.3, 0.4) is 0 Å². The highest BCUT2D eigenvalue weighted by atomic mass is 16.1. The van der Waals surface area contributed by atoms with Gasteiger partial charge in [0, 0.05) is 13.0 Å². The molecule has 64 valence electrons. The molecule has 1 amide bonds. The second kappa shape index (κ2) is 3.74. The third kappa shape index (κ3) is 2.91. The van der Waals surface area contributed by atoms with Gasteiger partial charge in [-0.15, -0.1) is 0 Å². The first kappa shape index (κ1) is 8.57. The molecule has 0 radical (unpaired) electrons. The van der Waals surface area contributed by atoms with Crippen LogP contribution in [-0.4, -0.2) is 12.5 Å². The van der Waals surface area contributed by atoms with E-state index in [4.69, 9.17) is 0 Å². The molecule has 1 N–H and O–H groups in total. The van der Waals surface area contributed by atoms with Crippen molar-refractivity contribution < 1.29 is 4.79 Å². The summed E-state index contributed by atoms with van der Waals surface area (Å²) in [6.07, 6.45) is 3.02. The number of amides is 1. The molecule has 0 aromatic carbocycles. The Hall–Kier alpha value is -0.530. The predicted molar refractivity (Wildman–Crippen MR) is 45.2 cm³/mol. The standard InChI is InChI=1S/C9H17NO/c1-7-3-4-9(11)10-6-8(2)5-7/h7-8H,3-6H2,1-2H3,(H,10,11). The third-order valence-corrected chi connectivity index (χ3v) is 2.32. The maximum absolute atomic E-state index is 11.0. The number of nitrogens with one attached hydrogen (secondary N) is 1. The molecule has 1 fully saturated rings. The molecule has 1 aliphatic rings. The van der Waals surface area contributed by atoms with E-state index < -0.39 is 0 Å². The van der Waals surface area contributed by atoms with E-state index in [1.807, 2.05) is 0 Å². The molecule has 11 heavy (non-hydrogen) atoms.